The number of hydrogen-bond acceptors (Lipinski definition) is 0. The lowest BCUT2D eigenvalue weighted by Crippen LogP contribution is -2.78. The molecule has 1 rings (SSSR count). The Morgan fingerprint density at radius 3 is 1.32 bits per heavy atom. The van der Waals surface area contributed by atoms with Gasteiger partial charge in [-0.3, -0.25) is 0 Å². The Hall–Kier alpha value is 0.0175. The number of rotatable bonds is 5. The molecule has 0 fully saturated rings. The third kappa shape index (κ3) is 2.89. The molecule has 126 valence electrons. The van der Waals surface area contributed by atoms with Crippen LogP contribution in [0, 0.1) is 0 Å². The van der Waals surface area contributed by atoms with E-state index >= 15 is 4.11 Å². The van der Waals surface area contributed by atoms with Gasteiger partial charge >= 0.3 is 0 Å². The molecule has 0 radical (unpaired) electrons. The van der Waals surface area contributed by atoms with E-state index in [1.165, 1.54) is 5.19 Å². The van der Waals surface area contributed by atoms with Crippen LogP contribution in [0.15, 0.2) is 30.3 Å². The molecule has 0 saturated heterocycles. The standard InChI is InChI=1S/C17H35FSi4/c1-19(2,3)17(20(4,5)6,22(9,10)18)21(7,8)16-14-12-11-13-15-16/h11-15H,1-10H3. The molecule has 0 aromatic heterocycles. The third-order valence-corrected chi connectivity index (χ3v) is 40.0. The largest absolute Gasteiger partial charge is 0.315 e. The van der Waals surface area contributed by atoms with Gasteiger partial charge in [0.05, 0.1) is 8.07 Å². The Morgan fingerprint density at radius 2 is 1.05 bits per heavy atom. The molecule has 0 unspecified atom stereocenters. The summed E-state index contributed by atoms with van der Waals surface area (Å²) in [6, 6.07) is 10.9. The third-order valence-electron chi connectivity index (χ3n) is 5.57. The smallest absolute Gasteiger partial charge is 0.239 e. The van der Waals surface area contributed by atoms with Crippen molar-refractivity contribution in [1.29, 1.82) is 0 Å². The van der Waals surface area contributed by atoms with E-state index in [0.717, 1.165) is 0 Å². The maximum atomic E-state index is 16.1. The maximum absolute atomic E-state index is 16.1. The summed E-state index contributed by atoms with van der Waals surface area (Å²) in [5, 5.41) is 1.44. The van der Waals surface area contributed by atoms with Gasteiger partial charge in [-0.2, -0.15) is 0 Å². The summed E-state index contributed by atoms with van der Waals surface area (Å²) in [5.41, 5.74) is 0. The molecule has 5 heteroatoms. The van der Waals surface area contributed by atoms with E-state index in [1.54, 1.807) is 0 Å². The number of halogens is 1. The van der Waals surface area contributed by atoms with Gasteiger partial charge in [-0.1, -0.05) is 87.9 Å². The Kier molecular flexibility index (Phi) is 5.31. The molecule has 0 heterocycles. The minimum absolute atomic E-state index is 0.00134. The van der Waals surface area contributed by atoms with Crippen LogP contribution in [-0.2, 0) is 0 Å². The second-order valence-corrected chi connectivity index (χ2v) is 31.5. The molecule has 0 atom stereocenters. The average Bonchev–Trinajstić information content (AvgIpc) is 2.23. The predicted molar refractivity (Wildman–Crippen MR) is 112 cm³/mol. The normalized spacial score (nSPS) is 15.0. The van der Waals surface area contributed by atoms with Crippen LogP contribution in [0.4, 0.5) is 4.11 Å². The number of hydrogen-bond donors (Lipinski definition) is 0. The van der Waals surface area contributed by atoms with Crippen LogP contribution >= 0.6 is 0 Å². The SMILES string of the molecule is C[Si](C)(C)C([Si](C)(C)C)([Si](C)(C)F)[Si](C)(C)c1ccccc1. The van der Waals surface area contributed by atoms with Crippen LogP contribution in [-0.4, -0.2) is 32.6 Å². The van der Waals surface area contributed by atoms with Crippen molar-refractivity contribution in [1.82, 2.24) is 0 Å². The van der Waals surface area contributed by atoms with E-state index in [0.29, 0.717) is 0 Å². The molecule has 0 nitrogen and oxygen atoms in total. The predicted octanol–water partition coefficient (Wildman–Crippen LogP) is 5.81. The highest BCUT2D eigenvalue weighted by molar-refractivity contribution is 7.31. The summed E-state index contributed by atoms with van der Waals surface area (Å²) in [7, 11) is -8.23. The highest BCUT2D eigenvalue weighted by Crippen LogP contribution is 2.59. The molecule has 1 aromatic carbocycles. The van der Waals surface area contributed by atoms with E-state index in [9.17, 15) is 0 Å². The highest BCUT2D eigenvalue weighted by atomic mass is 28.5. The van der Waals surface area contributed by atoms with E-state index in [2.05, 4.69) is 82.7 Å². The lowest BCUT2D eigenvalue weighted by atomic mass is 10.4. The second-order valence-electron chi connectivity index (χ2n) is 9.71. The zero-order valence-electron chi connectivity index (χ0n) is 16.3. The molecule has 0 amide bonds. The van der Waals surface area contributed by atoms with Gasteiger partial charge in [0.1, 0.15) is 0 Å². The summed E-state index contributed by atoms with van der Waals surface area (Å²) in [5.74, 6) is 0. The second kappa shape index (κ2) is 5.83. The first-order chi connectivity index (χ1) is 9.61. The van der Waals surface area contributed by atoms with Crippen LogP contribution in [0.3, 0.4) is 0 Å². The van der Waals surface area contributed by atoms with Gasteiger partial charge in [0, 0.05) is 16.1 Å². The van der Waals surface area contributed by atoms with Crippen molar-refractivity contribution in [3.05, 3.63) is 30.3 Å². The van der Waals surface area contributed by atoms with Gasteiger partial charge in [0.15, 0.2) is 0 Å². The summed E-state index contributed by atoms with van der Waals surface area (Å²) >= 11 is 0. The monoisotopic (exact) mass is 370 g/mol. The van der Waals surface area contributed by atoms with Gasteiger partial charge in [-0.05, 0) is 17.0 Å². The molecule has 0 saturated carbocycles. The van der Waals surface area contributed by atoms with Crippen molar-refractivity contribution in [3.8, 4) is 0 Å². The molecule has 0 N–H and O–H groups in total. The van der Waals surface area contributed by atoms with Crippen molar-refractivity contribution in [2.75, 3.05) is 0 Å². The van der Waals surface area contributed by atoms with Gasteiger partial charge in [0.2, 0.25) is 8.41 Å². The van der Waals surface area contributed by atoms with Crippen molar-refractivity contribution in [2.45, 2.75) is 69.4 Å². The lowest BCUT2D eigenvalue weighted by Gasteiger charge is -2.63. The van der Waals surface area contributed by atoms with E-state index in [-0.39, 0.29) is 3.91 Å². The summed E-state index contributed by atoms with van der Waals surface area (Å²) in [4.78, 5) is 0. The Labute approximate surface area is 141 Å². The van der Waals surface area contributed by atoms with Crippen molar-refractivity contribution >= 4 is 37.8 Å². The summed E-state index contributed by atoms with van der Waals surface area (Å²) < 4.78 is 16.1. The van der Waals surface area contributed by atoms with Crippen molar-refractivity contribution in [2.24, 2.45) is 0 Å². The van der Waals surface area contributed by atoms with Crippen LogP contribution in [0.1, 0.15) is 0 Å². The minimum atomic E-state index is -2.84. The molecule has 0 spiro atoms. The van der Waals surface area contributed by atoms with Crippen LogP contribution in [0.2, 0.25) is 69.4 Å². The fourth-order valence-electron chi connectivity index (χ4n) is 6.60. The topological polar surface area (TPSA) is 0 Å². The van der Waals surface area contributed by atoms with Crippen LogP contribution < -0.4 is 5.19 Å². The van der Waals surface area contributed by atoms with Gasteiger partial charge in [-0.15, -0.1) is 0 Å². The first-order valence-corrected chi connectivity index (χ1v) is 21.2. The quantitative estimate of drug-likeness (QED) is 0.453. The van der Waals surface area contributed by atoms with Gasteiger partial charge in [-0.25, -0.2) is 0 Å². The highest BCUT2D eigenvalue weighted by Gasteiger charge is 2.70. The first kappa shape index (κ1) is 20.1. The zero-order chi connectivity index (χ0) is 17.6. The fraction of sp³-hybridized carbons (Fsp3) is 0.647. The Morgan fingerprint density at radius 1 is 0.682 bits per heavy atom. The average molecular weight is 371 g/mol. The van der Waals surface area contributed by atoms with E-state index in [4.69, 9.17) is 0 Å². The Balaban J connectivity index is 3.87. The van der Waals surface area contributed by atoms with Crippen LogP contribution in [0.25, 0.3) is 0 Å². The van der Waals surface area contributed by atoms with Crippen molar-refractivity contribution in [3.63, 3.8) is 0 Å². The van der Waals surface area contributed by atoms with Crippen LogP contribution in [0.5, 0.6) is 0 Å². The maximum Gasteiger partial charge on any atom is 0.239 e. The summed E-state index contributed by atoms with van der Waals surface area (Å²) in [6.45, 7) is 23.5. The molecule has 1 aromatic rings. The zero-order valence-corrected chi connectivity index (χ0v) is 20.3. The number of benzene rings is 1. The molecule has 0 aliphatic rings. The van der Waals surface area contributed by atoms with Gasteiger partial charge < -0.3 is 4.11 Å². The first-order valence-electron chi connectivity index (χ1n) is 8.35. The van der Waals surface area contributed by atoms with E-state index < -0.39 is 32.6 Å². The van der Waals surface area contributed by atoms with E-state index in [1.807, 2.05) is 13.1 Å². The molecular formula is C17H35FSi4. The van der Waals surface area contributed by atoms with Crippen molar-refractivity contribution < 1.29 is 4.11 Å². The molecule has 0 aliphatic heterocycles. The fourth-order valence-corrected chi connectivity index (χ4v) is 53.6. The van der Waals surface area contributed by atoms with Gasteiger partial charge in [0.25, 0.3) is 0 Å². The molecule has 22 heavy (non-hydrogen) atoms. The minimum Gasteiger partial charge on any atom is -0.315 e. The Bertz CT molecular complexity index is 468. The molecular weight excluding hydrogens is 336 g/mol. The molecule has 0 bridgehead atoms. The lowest BCUT2D eigenvalue weighted by molar-refractivity contribution is 0.775. The summed E-state index contributed by atoms with van der Waals surface area (Å²) in [6.07, 6.45) is 0. The molecule has 0 aliphatic carbocycles.